The van der Waals surface area contributed by atoms with Gasteiger partial charge in [-0.05, 0) is 37.1 Å². The standard InChI is InChI=1S/C16H16N2S/c1-11-8-9-14-15(10-11)19-16(18-14)17-12(2)13-6-4-3-5-7-13/h3-10,12H,1-2H3,(H,17,18). The van der Waals surface area contributed by atoms with Gasteiger partial charge in [0.15, 0.2) is 5.13 Å². The second kappa shape index (κ2) is 5.02. The predicted molar refractivity (Wildman–Crippen MR) is 82.8 cm³/mol. The lowest BCUT2D eigenvalue weighted by Gasteiger charge is -2.12. The Labute approximate surface area is 117 Å². The van der Waals surface area contributed by atoms with Gasteiger partial charge in [-0.1, -0.05) is 47.7 Å². The van der Waals surface area contributed by atoms with E-state index in [1.807, 2.05) is 6.07 Å². The average molecular weight is 268 g/mol. The Kier molecular flexibility index (Phi) is 3.22. The Balaban J connectivity index is 1.85. The van der Waals surface area contributed by atoms with Gasteiger partial charge in [0.2, 0.25) is 0 Å². The van der Waals surface area contributed by atoms with Gasteiger partial charge < -0.3 is 5.32 Å². The Bertz CT molecular complexity index is 688. The van der Waals surface area contributed by atoms with Crippen molar-refractivity contribution in [2.24, 2.45) is 0 Å². The van der Waals surface area contributed by atoms with Crippen LogP contribution in [0.4, 0.5) is 5.13 Å². The molecule has 1 unspecified atom stereocenters. The van der Waals surface area contributed by atoms with E-state index >= 15 is 0 Å². The molecule has 0 saturated carbocycles. The third kappa shape index (κ3) is 2.61. The molecule has 0 aliphatic heterocycles. The summed E-state index contributed by atoms with van der Waals surface area (Å²) >= 11 is 1.71. The number of nitrogens with zero attached hydrogens (tertiary/aromatic N) is 1. The summed E-state index contributed by atoms with van der Waals surface area (Å²) in [6, 6.07) is 17.1. The number of nitrogens with one attached hydrogen (secondary N) is 1. The van der Waals surface area contributed by atoms with Crippen LogP contribution < -0.4 is 5.32 Å². The van der Waals surface area contributed by atoms with Crippen LogP contribution >= 0.6 is 11.3 Å². The second-order valence-corrected chi connectivity index (χ2v) is 5.80. The molecule has 3 heteroatoms. The Hall–Kier alpha value is -1.87. The van der Waals surface area contributed by atoms with Crippen molar-refractivity contribution >= 4 is 26.7 Å². The second-order valence-electron chi connectivity index (χ2n) is 4.77. The first-order valence-corrected chi connectivity index (χ1v) is 7.23. The van der Waals surface area contributed by atoms with Gasteiger partial charge in [0, 0.05) is 0 Å². The van der Waals surface area contributed by atoms with E-state index in [9.17, 15) is 0 Å². The molecule has 0 fully saturated rings. The van der Waals surface area contributed by atoms with Crippen molar-refractivity contribution in [1.29, 1.82) is 0 Å². The predicted octanol–water partition coefficient (Wildman–Crippen LogP) is 4.78. The monoisotopic (exact) mass is 268 g/mol. The van der Waals surface area contributed by atoms with Gasteiger partial charge in [-0.25, -0.2) is 4.98 Å². The lowest BCUT2D eigenvalue weighted by atomic mass is 10.1. The zero-order valence-corrected chi connectivity index (χ0v) is 11.9. The molecular formula is C16H16N2S. The van der Waals surface area contributed by atoms with Crippen LogP contribution in [-0.4, -0.2) is 4.98 Å². The van der Waals surface area contributed by atoms with Gasteiger partial charge in [-0.15, -0.1) is 0 Å². The zero-order chi connectivity index (χ0) is 13.2. The Morgan fingerprint density at radius 2 is 1.89 bits per heavy atom. The van der Waals surface area contributed by atoms with E-state index in [4.69, 9.17) is 0 Å². The van der Waals surface area contributed by atoms with E-state index in [0.717, 1.165) is 10.6 Å². The summed E-state index contributed by atoms with van der Waals surface area (Å²) in [5, 5.41) is 4.46. The van der Waals surface area contributed by atoms with E-state index < -0.39 is 0 Å². The summed E-state index contributed by atoms with van der Waals surface area (Å²) in [5.74, 6) is 0. The van der Waals surface area contributed by atoms with E-state index in [-0.39, 0.29) is 6.04 Å². The van der Waals surface area contributed by atoms with E-state index in [2.05, 4.69) is 66.6 Å². The fraction of sp³-hybridized carbons (Fsp3) is 0.188. The van der Waals surface area contributed by atoms with Crippen molar-refractivity contribution in [3.8, 4) is 0 Å². The van der Waals surface area contributed by atoms with Crippen molar-refractivity contribution in [3.63, 3.8) is 0 Å². The van der Waals surface area contributed by atoms with Gasteiger partial charge in [0.1, 0.15) is 0 Å². The van der Waals surface area contributed by atoms with Crippen molar-refractivity contribution in [3.05, 3.63) is 59.7 Å². The molecule has 0 radical (unpaired) electrons. The van der Waals surface area contributed by atoms with E-state index in [0.29, 0.717) is 0 Å². The smallest absolute Gasteiger partial charge is 0.184 e. The number of hydrogen-bond donors (Lipinski definition) is 1. The largest absolute Gasteiger partial charge is 0.355 e. The molecule has 19 heavy (non-hydrogen) atoms. The minimum Gasteiger partial charge on any atom is -0.355 e. The summed E-state index contributed by atoms with van der Waals surface area (Å²) in [6.45, 7) is 4.27. The molecule has 0 saturated heterocycles. The van der Waals surface area contributed by atoms with Crippen LogP contribution in [0.2, 0.25) is 0 Å². The highest BCUT2D eigenvalue weighted by molar-refractivity contribution is 7.22. The van der Waals surface area contributed by atoms with Crippen LogP contribution in [0.5, 0.6) is 0 Å². The van der Waals surface area contributed by atoms with Crippen molar-refractivity contribution in [2.75, 3.05) is 5.32 Å². The summed E-state index contributed by atoms with van der Waals surface area (Å²) < 4.78 is 1.24. The molecule has 3 rings (SSSR count). The van der Waals surface area contributed by atoms with Crippen LogP contribution in [0.15, 0.2) is 48.5 Å². The molecule has 0 aliphatic carbocycles. The van der Waals surface area contributed by atoms with Crippen LogP contribution in [0.25, 0.3) is 10.2 Å². The lowest BCUT2D eigenvalue weighted by molar-refractivity contribution is 0.883. The summed E-state index contributed by atoms with van der Waals surface area (Å²) in [5.41, 5.74) is 3.62. The fourth-order valence-electron chi connectivity index (χ4n) is 2.10. The third-order valence-corrected chi connectivity index (χ3v) is 4.13. The first-order chi connectivity index (χ1) is 9.22. The van der Waals surface area contributed by atoms with Gasteiger partial charge in [-0.3, -0.25) is 0 Å². The highest BCUT2D eigenvalue weighted by atomic mass is 32.1. The SMILES string of the molecule is Cc1ccc2nc(NC(C)c3ccccc3)sc2c1. The van der Waals surface area contributed by atoms with Crippen molar-refractivity contribution < 1.29 is 0 Å². The van der Waals surface area contributed by atoms with E-state index in [1.165, 1.54) is 15.8 Å². The number of benzene rings is 2. The fourth-order valence-corrected chi connectivity index (χ4v) is 3.15. The molecule has 1 N–H and O–H groups in total. The van der Waals surface area contributed by atoms with Gasteiger partial charge in [0.05, 0.1) is 16.3 Å². The molecule has 3 aromatic rings. The molecular weight excluding hydrogens is 252 g/mol. The molecule has 0 amide bonds. The van der Waals surface area contributed by atoms with Gasteiger partial charge >= 0.3 is 0 Å². The van der Waals surface area contributed by atoms with Crippen LogP contribution in [-0.2, 0) is 0 Å². The zero-order valence-electron chi connectivity index (χ0n) is 11.1. The minimum absolute atomic E-state index is 0.267. The number of anilines is 1. The average Bonchev–Trinajstić information content (AvgIpc) is 2.81. The quantitative estimate of drug-likeness (QED) is 0.739. The molecule has 0 bridgehead atoms. The Morgan fingerprint density at radius 1 is 1.11 bits per heavy atom. The maximum absolute atomic E-state index is 4.63. The number of aromatic nitrogens is 1. The van der Waals surface area contributed by atoms with Crippen LogP contribution in [0.1, 0.15) is 24.1 Å². The van der Waals surface area contributed by atoms with Crippen LogP contribution in [0, 0.1) is 6.92 Å². The van der Waals surface area contributed by atoms with Gasteiger partial charge in [0.25, 0.3) is 0 Å². The van der Waals surface area contributed by atoms with Crippen LogP contribution in [0.3, 0.4) is 0 Å². The topological polar surface area (TPSA) is 24.9 Å². The molecule has 96 valence electrons. The molecule has 2 aromatic carbocycles. The number of hydrogen-bond acceptors (Lipinski definition) is 3. The lowest BCUT2D eigenvalue weighted by Crippen LogP contribution is -2.05. The minimum atomic E-state index is 0.267. The first-order valence-electron chi connectivity index (χ1n) is 6.41. The number of fused-ring (bicyclic) bond motifs is 1. The maximum Gasteiger partial charge on any atom is 0.184 e. The molecule has 2 nitrogen and oxygen atoms in total. The van der Waals surface area contributed by atoms with E-state index in [1.54, 1.807) is 11.3 Å². The first kappa shape index (κ1) is 12.2. The highest BCUT2D eigenvalue weighted by Crippen LogP contribution is 2.29. The number of thiazole rings is 1. The highest BCUT2D eigenvalue weighted by Gasteiger charge is 2.08. The molecule has 0 spiro atoms. The normalized spacial score (nSPS) is 12.5. The summed E-state index contributed by atoms with van der Waals surface area (Å²) in [6.07, 6.45) is 0. The Morgan fingerprint density at radius 3 is 2.68 bits per heavy atom. The van der Waals surface area contributed by atoms with Gasteiger partial charge in [-0.2, -0.15) is 0 Å². The molecule has 1 heterocycles. The van der Waals surface area contributed by atoms with Crippen molar-refractivity contribution in [2.45, 2.75) is 19.9 Å². The number of aryl methyl sites for hydroxylation is 1. The molecule has 0 aliphatic rings. The summed E-state index contributed by atoms with van der Waals surface area (Å²) in [4.78, 5) is 4.63. The number of rotatable bonds is 3. The molecule has 1 atom stereocenters. The summed E-state index contributed by atoms with van der Waals surface area (Å²) in [7, 11) is 0. The third-order valence-electron chi connectivity index (χ3n) is 3.18. The van der Waals surface area contributed by atoms with Crippen molar-refractivity contribution in [1.82, 2.24) is 4.98 Å². The molecule has 1 aromatic heterocycles. The maximum atomic E-state index is 4.63.